The molecule has 274 valence electrons. The molecule has 0 aromatic heterocycles. The lowest BCUT2D eigenvalue weighted by Crippen LogP contribution is -2.46. The van der Waals surface area contributed by atoms with Crippen LogP contribution in [0.2, 0.25) is 0 Å². The monoisotopic (exact) mass is 678 g/mol. The molecule has 0 saturated carbocycles. The fourth-order valence-corrected chi connectivity index (χ4v) is 4.69. The van der Waals surface area contributed by atoms with Crippen molar-refractivity contribution in [3.63, 3.8) is 0 Å². The van der Waals surface area contributed by atoms with E-state index in [1.54, 1.807) is 24.4 Å². The van der Waals surface area contributed by atoms with Gasteiger partial charge in [-0.15, -0.1) is 0 Å². The quantitative estimate of drug-likeness (QED) is 0.0575. The predicted molar refractivity (Wildman–Crippen MR) is 188 cm³/mol. The van der Waals surface area contributed by atoms with Crippen LogP contribution in [0, 0.1) is 11.8 Å². The molecule has 0 saturated heterocycles. The lowest BCUT2D eigenvalue weighted by Gasteiger charge is -2.21. The summed E-state index contributed by atoms with van der Waals surface area (Å²) < 4.78 is 21.9. The zero-order valence-corrected chi connectivity index (χ0v) is 29.8. The molecule has 4 N–H and O–H groups in total. The van der Waals surface area contributed by atoms with Crippen molar-refractivity contribution in [1.29, 1.82) is 0 Å². The van der Waals surface area contributed by atoms with Crippen LogP contribution in [0.25, 0.3) is 0 Å². The topological polar surface area (TPSA) is 160 Å². The number of ether oxygens (including phenoxy) is 4. The van der Waals surface area contributed by atoms with Gasteiger partial charge in [-0.3, -0.25) is 14.4 Å². The fourth-order valence-electron chi connectivity index (χ4n) is 4.69. The maximum Gasteiger partial charge on any atom is 0.251 e. The Hall–Kier alpha value is -3.06. The van der Waals surface area contributed by atoms with Crippen LogP contribution in [0.4, 0.5) is 0 Å². The first-order valence-corrected chi connectivity index (χ1v) is 17.7. The highest BCUT2D eigenvalue weighted by atomic mass is 16.6. The number of nitrogens with one attached hydrogen (secondary N) is 2. The summed E-state index contributed by atoms with van der Waals surface area (Å²) >= 11 is 0. The summed E-state index contributed by atoms with van der Waals surface area (Å²) in [5.41, 5.74) is 6.89. The summed E-state index contributed by atoms with van der Waals surface area (Å²) in [6, 6.07) is 6.48. The van der Waals surface area contributed by atoms with Gasteiger partial charge >= 0.3 is 0 Å². The Morgan fingerprint density at radius 1 is 0.875 bits per heavy atom. The number of primary amides is 1. The van der Waals surface area contributed by atoms with Gasteiger partial charge in [-0.05, 0) is 75.0 Å². The number of nitrogens with zero attached hydrogens (tertiary/aromatic N) is 1. The Morgan fingerprint density at radius 3 is 2.12 bits per heavy atom. The normalized spacial score (nSPS) is 12.7. The van der Waals surface area contributed by atoms with Crippen molar-refractivity contribution in [3.8, 4) is 0 Å². The first-order chi connectivity index (χ1) is 23.3. The molecule has 12 heteroatoms. The Morgan fingerprint density at radius 2 is 1.52 bits per heavy atom. The van der Waals surface area contributed by atoms with Gasteiger partial charge in [0.15, 0.2) is 0 Å². The van der Waals surface area contributed by atoms with E-state index in [4.69, 9.17) is 29.5 Å². The average Bonchev–Trinajstić information content (AvgIpc) is 3.07. The Bertz CT molecular complexity index is 1020. The predicted octanol–water partition coefficient (Wildman–Crippen LogP) is 4.78. The third-order valence-electron chi connectivity index (χ3n) is 7.43. The van der Waals surface area contributed by atoms with Crippen molar-refractivity contribution < 1.29 is 38.2 Å². The molecule has 1 aromatic carbocycles. The third kappa shape index (κ3) is 22.5. The molecule has 1 aromatic rings. The van der Waals surface area contributed by atoms with Crippen molar-refractivity contribution in [2.45, 2.75) is 98.1 Å². The highest BCUT2D eigenvalue weighted by Crippen LogP contribution is 2.16. The molecule has 1 rings (SSSR count). The van der Waals surface area contributed by atoms with Crippen LogP contribution in [-0.2, 0) is 40.0 Å². The lowest BCUT2D eigenvalue weighted by molar-refractivity contribution is -0.130. The summed E-state index contributed by atoms with van der Waals surface area (Å²) in [4.78, 5) is 42.6. The maximum atomic E-state index is 12.7. The standard InChI is InChI=1S/C36H62N4O8/c1-5-7-18-44-20-22-46-24-25-47-23-21-45-19-11-10-17-39-48-28-30-13-12-14-32(27-30)35(42)38-16-9-8-15-33(34(37)41)40-36(43)31(6-2)26-29(3)4/h12-14,17,27,29,31,33H,5-11,15-16,18-26,28H2,1-4H3,(H2,37,41)(H,38,42)(H,40,43)/b39-17+/t31-,33-/m0/s1. The number of hydrogen-bond acceptors (Lipinski definition) is 9. The molecule has 3 amide bonds. The molecule has 0 radical (unpaired) electrons. The first-order valence-electron chi connectivity index (χ1n) is 17.7. The number of unbranched alkanes of at least 4 members (excludes halogenated alkanes) is 3. The Balaban J connectivity index is 2.14. The molecule has 0 unspecified atom stereocenters. The van der Waals surface area contributed by atoms with Gasteiger partial charge in [-0.2, -0.15) is 0 Å². The molecule has 12 nitrogen and oxygen atoms in total. The van der Waals surface area contributed by atoms with Crippen LogP contribution >= 0.6 is 0 Å². The molecule has 48 heavy (non-hydrogen) atoms. The molecular formula is C36H62N4O8. The number of benzene rings is 1. The molecule has 0 bridgehead atoms. The van der Waals surface area contributed by atoms with Gasteiger partial charge in [0, 0.05) is 37.5 Å². The second-order valence-electron chi connectivity index (χ2n) is 12.2. The maximum absolute atomic E-state index is 12.7. The molecule has 0 heterocycles. The minimum atomic E-state index is -0.713. The summed E-state index contributed by atoms with van der Waals surface area (Å²) in [6.07, 6.45) is 8.66. The van der Waals surface area contributed by atoms with Crippen molar-refractivity contribution in [2.75, 3.05) is 59.4 Å². The second kappa shape index (κ2) is 28.9. The van der Waals surface area contributed by atoms with Gasteiger partial charge < -0.3 is 40.2 Å². The Labute approximate surface area is 288 Å². The third-order valence-corrected chi connectivity index (χ3v) is 7.43. The van der Waals surface area contributed by atoms with Gasteiger partial charge in [0.05, 0.1) is 39.6 Å². The largest absolute Gasteiger partial charge is 0.391 e. The summed E-state index contributed by atoms with van der Waals surface area (Å²) in [5, 5.41) is 9.72. The smallest absolute Gasteiger partial charge is 0.251 e. The molecule has 0 aliphatic rings. The second-order valence-corrected chi connectivity index (χ2v) is 12.2. The number of rotatable bonds is 31. The van der Waals surface area contributed by atoms with E-state index in [-0.39, 0.29) is 24.3 Å². The number of carbonyl (C=O) groups is 3. The van der Waals surface area contributed by atoms with E-state index in [9.17, 15) is 14.4 Å². The van der Waals surface area contributed by atoms with Crippen molar-refractivity contribution in [2.24, 2.45) is 22.7 Å². The molecule has 2 atom stereocenters. The van der Waals surface area contributed by atoms with E-state index in [1.807, 2.05) is 13.0 Å². The molecular weight excluding hydrogens is 616 g/mol. The van der Waals surface area contributed by atoms with E-state index in [0.717, 1.165) is 44.3 Å². The van der Waals surface area contributed by atoms with Gasteiger partial charge in [0.2, 0.25) is 11.8 Å². The van der Waals surface area contributed by atoms with Crippen molar-refractivity contribution >= 4 is 23.9 Å². The Kier molecular flexibility index (Phi) is 25.9. The highest BCUT2D eigenvalue weighted by Gasteiger charge is 2.23. The van der Waals surface area contributed by atoms with E-state index in [0.29, 0.717) is 90.0 Å². The number of oxime groups is 1. The number of amides is 3. The first kappa shape index (κ1) is 43.0. The minimum Gasteiger partial charge on any atom is -0.391 e. The van der Waals surface area contributed by atoms with Gasteiger partial charge in [0.1, 0.15) is 12.6 Å². The fraction of sp³-hybridized carbons (Fsp3) is 0.722. The number of nitrogens with two attached hydrogens (primary N) is 1. The molecule has 0 spiro atoms. The number of hydrogen-bond donors (Lipinski definition) is 3. The van der Waals surface area contributed by atoms with E-state index in [2.05, 4.69) is 36.6 Å². The molecule has 0 aliphatic heterocycles. The van der Waals surface area contributed by atoms with E-state index >= 15 is 0 Å². The summed E-state index contributed by atoms with van der Waals surface area (Å²) in [7, 11) is 0. The van der Waals surface area contributed by atoms with Crippen LogP contribution in [0.15, 0.2) is 29.4 Å². The molecule has 0 aliphatic carbocycles. The summed E-state index contributed by atoms with van der Waals surface area (Å²) in [5.74, 6) is -0.610. The SMILES string of the molecule is CCCCOCCOCCOCCOCCC/C=N/OCc1cccc(C(=O)NCCCC[C@H](NC(=O)[C@@H](CC)CC(C)C)C(N)=O)c1. The minimum absolute atomic E-state index is 0.127. The van der Waals surface area contributed by atoms with Crippen LogP contribution in [0.5, 0.6) is 0 Å². The van der Waals surface area contributed by atoms with Crippen LogP contribution in [0.3, 0.4) is 0 Å². The van der Waals surface area contributed by atoms with Crippen LogP contribution in [0.1, 0.15) is 101 Å². The van der Waals surface area contributed by atoms with Crippen molar-refractivity contribution in [1.82, 2.24) is 10.6 Å². The van der Waals surface area contributed by atoms with Crippen LogP contribution in [-0.4, -0.2) is 89.4 Å². The van der Waals surface area contributed by atoms with E-state index < -0.39 is 11.9 Å². The lowest BCUT2D eigenvalue weighted by atomic mass is 9.93. The number of carbonyl (C=O) groups excluding carboxylic acids is 3. The van der Waals surface area contributed by atoms with Gasteiger partial charge in [0.25, 0.3) is 5.91 Å². The van der Waals surface area contributed by atoms with Crippen LogP contribution < -0.4 is 16.4 Å². The highest BCUT2D eigenvalue weighted by molar-refractivity contribution is 5.94. The zero-order chi connectivity index (χ0) is 35.2. The van der Waals surface area contributed by atoms with E-state index in [1.165, 1.54) is 0 Å². The van der Waals surface area contributed by atoms with Gasteiger partial charge in [-0.25, -0.2) is 0 Å². The van der Waals surface area contributed by atoms with Gasteiger partial charge in [-0.1, -0.05) is 51.4 Å². The zero-order valence-electron chi connectivity index (χ0n) is 29.8. The van der Waals surface area contributed by atoms with Crippen molar-refractivity contribution in [3.05, 3.63) is 35.4 Å². The molecule has 0 fully saturated rings. The average molecular weight is 679 g/mol. The summed E-state index contributed by atoms with van der Waals surface area (Å²) in [6.45, 7) is 13.7.